The van der Waals surface area contributed by atoms with Crippen molar-refractivity contribution in [3.63, 3.8) is 0 Å². The zero-order valence-corrected chi connectivity index (χ0v) is 15.2. The Labute approximate surface area is 160 Å². The van der Waals surface area contributed by atoms with Gasteiger partial charge in [0.25, 0.3) is 11.5 Å². The first-order valence-corrected chi connectivity index (χ1v) is 9.15. The number of halogens is 2. The van der Waals surface area contributed by atoms with Gasteiger partial charge < -0.3 is 10.6 Å². The van der Waals surface area contributed by atoms with Crippen LogP contribution in [0.15, 0.2) is 41.2 Å². The van der Waals surface area contributed by atoms with Crippen LogP contribution in [0.2, 0.25) is 0 Å². The van der Waals surface area contributed by atoms with Crippen LogP contribution >= 0.6 is 0 Å². The number of carbonyl (C=O) groups excluding carboxylic acids is 2. The molecule has 1 heterocycles. The topological polar surface area (TPSA) is 80.2 Å². The molecular weight excluding hydrogens is 368 g/mol. The summed E-state index contributed by atoms with van der Waals surface area (Å²) in [4.78, 5) is 36.9. The second-order valence-corrected chi connectivity index (χ2v) is 6.80. The van der Waals surface area contributed by atoms with Crippen molar-refractivity contribution in [3.05, 3.63) is 69.6 Å². The zero-order chi connectivity index (χ0) is 20.1. The third kappa shape index (κ3) is 4.82. The number of aromatic nitrogens is 1. The summed E-state index contributed by atoms with van der Waals surface area (Å²) < 4.78 is 27.8. The Balaban J connectivity index is 1.70. The predicted octanol–water partition coefficient (Wildman–Crippen LogP) is 2.12. The molecule has 1 saturated carbocycles. The molecule has 2 aromatic rings. The second kappa shape index (κ2) is 8.77. The van der Waals surface area contributed by atoms with E-state index in [9.17, 15) is 23.2 Å². The highest BCUT2D eigenvalue weighted by molar-refractivity contribution is 5.93. The van der Waals surface area contributed by atoms with E-state index in [1.54, 1.807) is 0 Å². The van der Waals surface area contributed by atoms with E-state index in [2.05, 4.69) is 10.6 Å². The van der Waals surface area contributed by atoms with Gasteiger partial charge in [-0.25, -0.2) is 8.78 Å². The van der Waals surface area contributed by atoms with Crippen LogP contribution in [0.25, 0.3) is 0 Å². The van der Waals surface area contributed by atoms with Crippen molar-refractivity contribution in [1.82, 2.24) is 15.2 Å². The van der Waals surface area contributed by atoms with Crippen molar-refractivity contribution in [2.45, 2.75) is 44.8 Å². The molecule has 0 saturated heterocycles. The Bertz CT molecular complexity index is 937. The van der Waals surface area contributed by atoms with Crippen LogP contribution < -0.4 is 16.2 Å². The molecule has 28 heavy (non-hydrogen) atoms. The molecule has 0 radical (unpaired) electrons. The summed E-state index contributed by atoms with van der Waals surface area (Å²) >= 11 is 0. The average Bonchev–Trinajstić information content (AvgIpc) is 3.15. The largest absolute Gasteiger partial charge is 0.352 e. The standard InChI is InChI=1S/C20H21F2N3O3/c21-14-9-8-13(16(22)10-14)11-23-20(28)17-6-3-7-19(27)25(17)12-18(26)24-15-4-1-2-5-15/h3,6-10,15H,1-2,4-5,11-12H2,(H,23,28)(H,24,26). The normalized spacial score (nSPS) is 14.1. The third-order valence-electron chi connectivity index (χ3n) is 4.76. The number of nitrogens with one attached hydrogen (secondary N) is 2. The van der Waals surface area contributed by atoms with Crippen molar-refractivity contribution >= 4 is 11.8 Å². The minimum Gasteiger partial charge on any atom is -0.352 e. The summed E-state index contributed by atoms with van der Waals surface area (Å²) in [6.45, 7) is -0.452. The van der Waals surface area contributed by atoms with Gasteiger partial charge in [0.05, 0.1) is 0 Å². The first kappa shape index (κ1) is 19.7. The first-order valence-electron chi connectivity index (χ1n) is 9.15. The second-order valence-electron chi connectivity index (χ2n) is 6.80. The van der Waals surface area contributed by atoms with Crippen molar-refractivity contribution in [2.75, 3.05) is 0 Å². The van der Waals surface area contributed by atoms with Crippen LogP contribution in [-0.2, 0) is 17.9 Å². The molecule has 6 nitrogen and oxygen atoms in total. The number of hydrogen-bond acceptors (Lipinski definition) is 3. The molecule has 1 aliphatic rings. The smallest absolute Gasteiger partial charge is 0.268 e. The molecule has 1 fully saturated rings. The molecule has 1 aromatic heterocycles. The van der Waals surface area contributed by atoms with Crippen LogP contribution in [0.4, 0.5) is 8.78 Å². The van der Waals surface area contributed by atoms with Gasteiger partial charge in [0.15, 0.2) is 0 Å². The van der Waals surface area contributed by atoms with Crippen LogP contribution in [0.1, 0.15) is 41.7 Å². The number of carbonyl (C=O) groups is 2. The Morgan fingerprint density at radius 2 is 1.86 bits per heavy atom. The molecule has 0 unspecified atom stereocenters. The molecule has 3 rings (SSSR count). The highest BCUT2D eigenvalue weighted by Crippen LogP contribution is 2.17. The van der Waals surface area contributed by atoms with E-state index in [-0.39, 0.29) is 36.3 Å². The van der Waals surface area contributed by atoms with E-state index >= 15 is 0 Å². The number of hydrogen-bond donors (Lipinski definition) is 2. The summed E-state index contributed by atoms with van der Waals surface area (Å²) in [5, 5.41) is 5.37. The minimum absolute atomic E-state index is 0.00316. The van der Waals surface area contributed by atoms with Crippen LogP contribution in [0, 0.1) is 11.6 Å². The molecule has 1 aromatic carbocycles. The lowest BCUT2D eigenvalue weighted by Crippen LogP contribution is -2.39. The van der Waals surface area contributed by atoms with Crippen LogP contribution in [0.5, 0.6) is 0 Å². The monoisotopic (exact) mass is 389 g/mol. The average molecular weight is 389 g/mol. The van der Waals surface area contributed by atoms with E-state index < -0.39 is 23.1 Å². The van der Waals surface area contributed by atoms with Crippen LogP contribution in [-0.4, -0.2) is 22.4 Å². The third-order valence-corrected chi connectivity index (χ3v) is 4.76. The number of benzene rings is 1. The van der Waals surface area contributed by atoms with Crippen molar-refractivity contribution in [2.24, 2.45) is 0 Å². The quantitative estimate of drug-likeness (QED) is 0.794. The predicted molar refractivity (Wildman–Crippen MR) is 98.6 cm³/mol. The number of nitrogens with zero attached hydrogens (tertiary/aromatic N) is 1. The molecule has 0 aliphatic heterocycles. The summed E-state index contributed by atoms with van der Waals surface area (Å²) in [6.07, 6.45) is 3.94. The van der Waals surface area contributed by atoms with Gasteiger partial charge in [-0.1, -0.05) is 25.0 Å². The minimum atomic E-state index is -0.776. The molecule has 0 bridgehead atoms. The number of pyridine rings is 1. The van der Waals surface area contributed by atoms with Crippen molar-refractivity contribution in [3.8, 4) is 0 Å². The van der Waals surface area contributed by atoms with Gasteiger partial charge in [0.1, 0.15) is 23.9 Å². The zero-order valence-electron chi connectivity index (χ0n) is 15.2. The van der Waals surface area contributed by atoms with E-state index in [1.807, 2.05) is 0 Å². The Morgan fingerprint density at radius 3 is 2.57 bits per heavy atom. The Hall–Kier alpha value is -3.03. The van der Waals surface area contributed by atoms with E-state index in [0.717, 1.165) is 42.4 Å². The molecule has 8 heteroatoms. The molecule has 0 spiro atoms. The van der Waals surface area contributed by atoms with E-state index in [4.69, 9.17) is 0 Å². The lowest BCUT2D eigenvalue weighted by molar-refractivity contribution is -0.122. The lowest BCUT2D eigenvalue weighted by Gasteiger charge is -2.15. The lowest BCUT2D eigenvalue weighted by atomic mass is 10.2. The van der Waals surface area contributed by atoms with Gasteiger partial charge in [0.2, 0.25) is 5.91 Å². The first-order chi connectivity index (χ1) is 13.4. The van der Waals surface area contributed by atoms with E-state index in [1.165, 1.54) is 24.3 Å². The van der Waals surface area contributed by atoms with Gasteiger partial charge in [0, 0.05) is 30.3 Å². The van der Waals surface area contributed by atoms with Crippen LogP contribution in [0.3, 0.4) is 0 Å². The molecular formula is C20H21F2N3O3. The van der Waals surface area contributed by atoms with Gasteiger partial charge >= 0.3 is 0 Å². The van der Waals surface area contributed by atoms with Gasteiger partial charge in [-0.3, -0.25) is 19.0 Å². The summed E-state index contributed by atoms with van der Waals surface area (Å²) in [5.41, 5.74) is -0.377. The summed E-state index contributed by atoms with van der Waals surface area (Å²) in [5.74, 6) is -2.45. The fourth-order valence-corrected chi connectivity index (χ4v) is 3.30. The maximum Gasteiger partial charge on any atom is 0.268 e. The van der Waals surface area contributed by atoms with Crippen molar-refractivity contribution < 1.29 is 18.4 Å². The highest BCUT2D eigenvalue weighted by atomic mass is 19.1. The SMILES string of the molecule is O=C(Cn1c(C(=O)NCc2ccc(F)cc2F)cccc1=O)NC1CCCC1. The molecule has 148 valence electrons. The summed E-state index contributed by atoms with van der Waals surface area (Å²) in [7, 11) is 0. The fraction of sp³-hybridized carbons (Fsp3) is 0.350. The molecule has 1 aliphatic carbocycles. The maximum absolute atomic E-state index is 13.7. The molecule has 2 amide bonds. The van der Waals surface area contributed by atoms with Gasteiger partial charge in [-0.2, -0.15) is 0 Å². The van der Waals surface area contributed by atoms with E-state index in [0.29, 0.717) is 0 Å². The van der Waals surface area contributed by atoms with Gasteiger partial charge in [-0.15, -0.1) is 0 Å². The fourth-order valence-electron chi connectivity index (χ4n) is 3.30. The van der Waals surface area contributed by atoms with Crippen molar-refractivity contribution in [1.29, 1.82) is 0 Å². The Morgan fingerprint density at radius 1 is 1.11 bits per heavy atom. The Kier molecular flexibility index (Phi) is 6.18. The number of amides is 2. The van der Waals surface area contributed by atoms with Gasteiger partial charge in [-0.05, 0) is 25.0 Å². The number of rotatable bonds is 6. The highest BCUT2D eigenvalue weighted by Gasteiger charge is 2.19. The summed E-state index contributed by atoms with van der Waals surface area (Å²) in [6, 6.07) is 7.26. The maximum atomic E-state index is 13.7. The molecule has 2 N–H and O–H groups in total. The molecule has 0 atom stereocenters.